The van der Waals surface area contributed by atoms with Gasteiger partial charge >= 0.3 is 6.03 Å². The van der Waals surface area contributed by atoms with Crippen molar-refractivity contribution in [3.05, 3.63) is 54.6 Å². The number of amides is 4. The van der Waals surface area contributed by atoms with E-state index < -0.39 is 23.4 Å². The summed E-state index contributed by atoms with van der Waals surface area (Å²) in [7, 11) is 0. The first kappa shape index (κ1) is 26.2. The molecule has 1 aliphatic rings. The number of carbonyl (C=O) groups excluding carboxylic acids is 3. The minimum Gasteiger partial charge on any atom is -0.331 e. The minimum absolute atomic E-state index is 0.261. The molecule has 1 saturated carbocycles. The zero-order valence-corrected chi connectivity index (χ0v) is 20.7. The fourth-order valence-electron chi connectivity index (χ4n) is 4.45. The van der Waals surface area contributed by atoms with Crippen LogP contribution in [-0.4, -0.2) is 47.1 Å². The minimum atomic E-state index is -0.862. The Morgan fingerprint density at radius 2 is 1.57 bits per heavy atom. The van der Waals surface area contributed by atoms with E-state index in [4.69, 9.17) is 5.21 Å². The van der Waals surface area contributed by atoms with Crippen molar-refractivity contribution in [2.45, 2.75) is 52.5 Å². The Bertz CT molecular complexity index is 996. The van der Waals surface area contributed by atoms with Gasteiger partial charge in [-0.1, -0.05) is 76.1 Å². The fraction of sp³-hybridized carbons (Fsp3) is 0.444. The van der Waals surface area contributed by atoms with Crippen molar-refractivity contribution in [1.29, 1.82) is 0 Å². The smallest absolute Gasteiger partial charge is 0.319 e. The molecule has 1 fully saturated rings. The summed E-state index contributed by atoms with van der Waals surface area (Å²) in [6.45, 7) is 5.75. The molecule has 4 N–H and O–H groups in total. The maximum absolute atomic E-state index is 13.5. The predicted octanol–water partition coefficient (Wildman–Crippen LogP) is 4.41. The first-order valence-corrected chi connectivity index (χ1v) is 12.1. The molecule has 1 atom stereocenters. The van der Waals surface area contributed by atoms with Gasteiger partial charge in [-0.25, -0.2) is 10.3 Å². The van der Waals surface area contributed by atoms with Crippen molar-refractivity contribution >= 4 is 23.5 Å². The van der Waals surface area contributed by atoms with E-state index in [1.54, 1.807) is 5.48 Å². The second-order valence-electron chi connectivity index (χ2n) is 10.2. The monoisotopic (exact) mass is 480 g/mol. The number of hydroxylamine groups is 1. The number of benzene rings is 2. The highest BCUT2D eigenvalue weighted by Gasteiger charge is 2.37. The molecule has 0 heterocycles. The first-order chi connectivity index (χ1) is 16.7. The standard InChI is InChI=1S/C27H36N4O4/c1-27(2,3)24(25(33)31(18-23(32)30-35)17-19-9-7-8-10-19)29-26(34)28-22-15-13-21(14-16-22)20-11-5-4-6-12-20/h4-6,11-16,19,24,35H,7-10,17-18H2,1-3H3,(H,30,32)(H2,28,29,34)/t24-/m1/s1. The zero-order chi connectivity index (χ0) is 25.4. The largest absolute Gasteiger partial charge is 0.331 e. The topological polar surface area (TPSA) is 111 Å². The SMILES string of the molecule is CC(C)(C)[C@H](NC(=O)Nc1ccc(-c2ccccc2)cc1)C(=O)N(CC(=O)NO)CC1CCCC1. The molecule has 1 aliphatic carbocycles. The second-order valence-corrected chi connectivity index (χ2v) is 10.2. The lowest BCUT2D eigenvalue weighted by atomic mass is 9.85. The van der Waals surface area contributed by atoms with Crippen molar-refractivity contribution in [2.75, 3.05) is 18.4 Å². The van der Waals surface area contributed by atoms with Gasteiger partial charge in [0.15, 0.2) is 0 Å². The summed E-state index contributed by atoms with van der Waals surface area (Å²) in [4.78, 5) is 39.8. The van der Waals surface area contributed by atoms with Gasteiger partial charge in [0, 0.05) is 12.2 Å². The molecule has 0 unspecified atom stereocenters. The highest BCUT2D eigenvalue weighted by atomic mass is 16.5. The molecular formula is C27H36N4O4. The molecule has 3 rings (SSSR count). The van der Waals surface area contributed by atoms with Crippen LogP contribution in [0.3, 0.4) is 0 Å². The van der Waals surface area contributed by atoms with Crippen molar-refractivity contribution in [2.24, 2.45) is 11.3 Å². The summed E-state index contributed by atoms with van der Waals surface area (Å²) in [5.74, 6) is -0.697. The van der Waals surface area contributed by atoms with Crippen LogP contribution in [0.4, 0.5) is 10.5 Å². The van der Waals surface area contributed by atoms with Gasteiger partial charge in [-0.3, -0.25) is 14.8 Å². The molecule has 35 heavy (non-hydrogen) atoms. The zero-order valence-electron chi connectivity index (χ0n) is 20.7. The molecule has 0 radical (unpaired) electrons. The maximum atomic E-state index is 13.5. The second kappa shape index (κ2) is 11.8. The number of rotatable bonds is 8. The van der Waals surface area contributed by atoms with E-state index >= 15 is 0 Å². The molecule has 0 aliphatic heterocycles. The van der Waals surface area contributed by atoms with Gasteiger partial charge in [-0.15, -0.1) is 0 Å². The van der Waals surface area contributed by atoms with Crippen LogP contribution in [0.1, 0.15) is 46.5 Å². The van der Waals surface area contributed by atoms with Gasteiger partial charge < -0.3 is 15.5 Å². The lowest BCUT2D eigenvalue weighted by Gasteiger charge is -2.35. The quantitative estimate of drug-likeness (QED) is 0.331. The van der Waals surface area contributed by atoms with Crippen LogP contribution in [-0.2, 0) is 9.59 Å². The van der Waals surface area contributed by atoms with Gasteiger partial charge in [-0.2, -0.15) is 0 Å². The van der Waals surface area contributed by atoms with E-state index in [9.17, 15) is 14.4 Å². The first-order valence-electron chi connectivity index (χ1n) is 12.1. The summed E-state index contributed by atoms with van der Waals surface area (Å²) >= 11 is 0. The van der Waals surface area contributed by atoms with E-state index in [2.05, 4.69) is 10.6 Å². The highest BCUT2D eigenvalue weighted by molar-refractivity contribution is 5.95. The van der Waals surface area contributed by atoms with Crippen molar-refractivity contribution < 1.29 is 19.6 Å². The van der Waals surface area contributed by atoms with Gasteiger partial charge in [0.25, 0.3) is 5.91 Å². The Kier molecular flexibility index (Phi) is 8.87. The number of carbonyl (C=O) groups is 3. The third kappa shape index (κ3) is 7.55. The molecule has 0 saturated heterocycles. The van der Waals surface area contributed by atoms with E-state index in [0.29, 0.717) is 18.2 Å². The van der Waals surface area contributed by atoms with Gasteiger partial charge in [0.1, 0.15) is 12.6 Å². The molecule has 2 aromatic carbocycles. The third-order valence-corrected chi connectivity index (χ3v) is 6.36. The average molecular weight is 481 g/mol. The molecule has 0 bridgehead atoms. The van der Waals surface area contributed by atoms with Gasteiger partial charge in [0.2, 0.25) is 5.91 Å². The lowest BCUT2D eigenvalue weighted by Crippen LogP contribution is -2.57. The fourth-order valence-corrected chi connectivity index (χ4v) is 4.45. The average Bonchev–Trinajstić information content (AvgIpc) is 3.35. The van der Waals surface area contributed by atoms with E-state index in [1.807, 2.05) is 75.4 Å². The van der Waals surface area contributed by atoms with Crippen LogP contribution in [0.15, 0.2) is 54.6 Å². The van der Waals surface area contributed by atoms with Crippen LogP contribution in [0.2, 0.25) is 0 Å². The Morgan fingerprint density at radius 3 is 2.14 bits per heavy atom. The van der Waals surface area contributed by atoms with Gasteiger partial charge in [-0.05, 0) is 47.4 Å². The third-order valence-electron chi connectivity index (χ3n) is 6.36. The predicted molar refractivity (Wildman–Crippen MR) is 136 cm³/mol. The van der Waals surface area contributed by atoms with E-state index in [-0.39, 0.29) is 12.5 Å². The normalized spacial score (nSPS) is 14.7. The molecule has 0 spiro atoms. The Morgan fingerprint density at radius 1 is 0.971 bits per heavy atom. The van der Waals surface area contributed by atoms with Crippen molar-refractivity contribution in [1.82, 2.24) is 15.7 Å². The van der Waals surface area contributed by atoms with E-state index in [0.717, 1.165) is 36.8 Å². The highest BCUT2D eigenvalue weighted by Crippen LogP contribution is 2.27. The van der Waals surface area contributed by atoms with Crippen molar-refractivity contribution in [3.8, 4) is 11.1 Å². The molecule has 188 valence electrons. The Labute approximate surface area is 207 Å². The van der Waals surface area contributed by atoms with Crippen LogP contribution in [0.5, 0.6) is 0 Å². The molecule has 8 nitrogen and oxygen atoms in total. The van der Waals surface area contributed by atoms with Crippen LogP contribution in [0.25, 0.3) is 11.1 Å². The van der Waals surface area contributed by atoms with Crippen molar-refractivity contribution in [3.63, 3.8) is 0 Å². The molecule has 8 heteroatoms. The summed E-state index contributed by atoms with van der Waals surface area (Å²) < 4.78 is 0. The molecule has 0 aromatic heterocycles. The van der Waals surface area contributed by atoms with Gasteiger partial charge in [0.05, 0.1) is 0 Å². The van der Waals surface area contributed by atoms with Crippen LogP contribution < -0.4 is 16.1 Å². The molecule has 4 amide bonds. The number of nitrogens with zero attached hydrogens (tertiary/aromatic N) is 1. The lowest BCUT2D eigenvalue weighted by molar-refractivity contribution is -0.142. The molecular weight excluding hydrogens is 444 g/mol. The van der Waals surface area contributed by atoms with Crippen LogP contribution in [0, 0.1) is 11.3 Å². The summed E-state index contributed by atoms with van der Waals surface area (Å²) in [6.07, 6.45) is 4.20. The maximum Gasteiger partial charge on any atom is 0.319 e. The van der Waals surface area contributed by atoms with Crippen LogP contribution >= 0.6 is 0 Å². The number of anilines is 1. The Balaban J connectivity index is 1.70. The summed E-state index contributed by atoms with van der Waals surface area (Å²) in [6, 6.07) is 16.0. The Hall–Kier alpha value is -3.39. The van der Waals surface area contributed by atoms with E-state index in [1.165, 1.54) is 4.90 Å². The summed E-state index contributed by atoms with van der Waals surface area (Å²) in [5, 5.41) is 14.6. The summed E-state index contributed by atoms with van der Waals surface area (Å²) in [5.41, 5.74) is 3.72. The number of urea groups is 1. The number of nitrogens with one attached hydrogen (secondary N) is 3. The molecule has 2 aromatic rings. The number of hydrogen-bond donors (Lipinski definition) is 4. The number of hydrogen-bond acceptors (Lipinski definition) is 4.